The fourth-order valence-corrected chi connectivity index (χ4v) is 4.86. The van der Waals surface area contributed by atoms with Crippen molar-refractivity contribution in [1.82, 2.24) is 9.88 Å². The second kappa shape index (κ2) is 11.3. The predicted octanol–water partition coefficient (Wildman–Crippen LogP) is 3.79. The SMILES string of the molecule is CN(C)C(=O)c1ccc(OC(C(=O)Cc2nc3cc(CO)c(CO)cc3s2)c2ccc(C#N)cc2)cc1. The zero-order valence-corrected chi connectivity index (χ0v) is 21.2. The fourth-order valence-electron chi connectivity index (χ4n) is 3.84. The fraction of sp³-hybridized carbons (Fsp3) is 0.214. The molecule has 0 aliphatic rings. The molecule has 188 valence electrons. The first-order chi connectivity index (χ1) is 17.8. The van der Waals surface area contributed by atoms with Crippen molar-refractivity contribution in [1.29, 1.82) is 5.26 Å². The van der Waals surface area contributed by atoms with E-state index < -0.39 is 6.10 Å². The minimum atomic E-state index is -0.962. The highest BCUT2D eigenvalue weighted by Crippen LogP contribution is 2.29. The minimum absolute atomic E-state index is 0.00410. The average molecular weight is 516 g/mol. The molecule has 3 aromatic carbocycles. The summed E-state index contributed by atoms with van der Waals surface area (Å²) in [5, 5.41) is 28.9. The van der Waals surface area contributed by atoms with Crippen LogP contribution in [0.3, 0.4) is 0 Å². The summed E-state index contributed by atoms with van der Waals surface area (Å²) in [5.41, 5.74) is 3.40. The normalized spacial score (nSPS) is 11.6. The van der Waals surface area contributed by atoms with Crippen LogP contribution < -0.4 is 4.74 Å². The zero-order chi connectivity index (χ0) is 26.5. The van der Waals surface area contributed by atoms with E-state index in [-0.39, 0.29) is 31.3 Å². The number of rotatable bonds is 9. The highest BCUT2D eigenvalue weighted by Gasteiger charge is 2.25. The average Bonchev–Trinajstić information content (AvgIpc) is 3.31. The van der Waals surface area contributed by atoms with E-state index in [4.69, 9.17) is 10.00 Å². The van der Waals surface area contributed by atoms with E-state index >= 15 is 0 Å². The number of aromatic nitrogens is 1. The molecule has 1 aromatic heterocycles. The van der Waals surface area contributed by atoms with Gasteiger partial charge in [0.15, 0.2) is 11.9 Å². The lowest BCUT2D eigenvalue weighted by atomic mass is 10.0. The number of aliphatic hydroxyl groups excluding tert-OH is 2. The quantitative estimate of drug-likeness (QED) is 0.348. The number of ketones is 1. The zero-order valence-electron chi connectivity index (χ0n) is 20.3. The van der Waals surface area contributed by atoms with Gasteiger partial charge in [0.1, 0.15) is 10.8 Å². The number of carbonyl (C=O) groups excluding carboxylic acids is 2. The number of fused-ring (bicyclic) bond motifs is 1. The van der Waals surface area contributed by atoms with Gasteiger partial charge in [0.2, 0.25) is 0 Å². The first kappa shape index (κ1) is 26.0. The van der Waals surface area contributed by atoms with Crippen LogP contribution in [0.25, 0.3) is 10.2 Å². The number of nitrogens with zero attached hydrogens (tertiary/aromatic N) is 3. The first-order valence-corrected chi connectivity index (χ1v) is 12.3. The molecule has 2 N–H and O–H groups in total. The van der Waals surface area contributed by atoms with Crippen LogP contribution in [0.5, 0.6) is 5.75 Å². The van der Waals surface area contributed by atoms with Crippen molar-refractivity contribution in [3.05, 3.63) is 93.5 Å². The molecule has 8 nitrogen and oxygen atoms in total. The van der Waals surface area contributed by atoms with Crippen molar-refractivity contribution < 1.29 is 24.5 Å². The van der Waals surface area contributed by atoms with Gasteiger partial charge in [-0.1, -0.05) is 12.1 Å². The van der Waals surface area contributed by atoms with Crippen LogP contribution in [0, 0.1) is 11.3 Å². The third kappa shape index (κ3) is 5.84. The van der Waals surface area contributed by atoms with Gasteiger partial charge in [-0.05, 0) is 65.2 Å². The summed E-state index contributed by atoms with van der Waals surface area (Å²) in [7, 11) is 3.34. The molecule has 0 bridgehead atoms. The summed E-state index contributed by atoms with van der Waals surface area (Å²) in [6, 6.07) is 18.8. The Morgan fingerprint density at radius 2 is 1.68 bits per heavy atom. The van der Waals surface area contributed by atoms with E-state index in [1.165, 1.54) is 16.2 Å². The Morgan fingerprint density at radius 3 is 2.27 bits per heavy atom. The molecular weight excluding hydrogens is 490 g/mol. The van der Waals surface area contributed by atoms with Gasteiger partial charge >= 0.3 is 0 Å². The number of carbonyl (C=O) groups is 2. The van der Waals surface area contributed by atoms with Crippen LogP contribution in [0.2, 0.25) is 0 Å². The molecule has 1 amide bonds. The molecule has 37 heavy (non-hydrogen) atoms. The maximum Gasteiger partial charge on any atom is 0.253 e. The van der Waals surface area contributed by atoms with Gasteiger partial charge in [-0.2, -0.15) is 5.26 Å². The van der Waals surface area contributed by atoms with Crippen molar-refractivity contribution in [3.8, 4) is 11.8 Å². The number of hydrogen-bond donors (Lipinski definition) is 2. The molecular formula is C28H25N3O5S. The van der Waals surface area contributed by atoms with Gasteiger partial charge in [0.05, 0.1) is 41.5 Å². The lowest BCUT2D eigenvalue weighted by molar-refractivity contribution is -0.125. The minimum Gasteiger partial charge on any atom is -0.478 e. The number of benzene rings is 3. The van der Waals surface area contributed by atoms with Crippen LogP contribution >= 0.6 is 11.3 Å². The molecule has 1 atom stereocenters. The number of ether oxygens (including phenoxy) is 1. The highest BCUT2D eigenvalue weighted by molar-refractivity contribution is 7.18. The third-order valence-electron chi connectivity index (χ3n) is 5.82. The van der Waals surface area contributed by atoms with E-state index in [0.717, 1.165) is 4.70 Å². The summed E-state index contributed by atoms with van der Waals surface area (Å²) < 4.78 is 6.91. The molecule has 0 saturated carbocycles. The molecule has 4 rings (SSSR count). The largest absolute Gasteiger partial charge is 0.478 e. The lowest BCUT2D eigenvalue weighted by Crippen LogP contribution is -2.22. The van der Waals surface area contributed by atoms with Crippen molar-refractivity contribution in [3.63, 3.8) is 0 Å². The maximum absolute atomic E-state index is 13.5. The predicted molar refractivity (Wildman–Crippen MR) is 139 cm³/mol. The van der Waals surface area contributed by atoms with Gasteiger partial charge in [0.25, 0.3) is 5.91 Å². The van der Waals surface area contributed by atoms with Crippen molar-refractivity contribution in [2.24, 2.45) is 0 Å². The summed E-state index contributed by atoms with van der Waals surface area (Å²) in [6.45, 7) is -0.420. The molecule has 9 heteroatoms. The molecule has 0 spiro atoms. The van der Waals surface area contributed by atoms with Gasteiger partial charge in [0, 0.05) is 19.7 Å². The lowest BCUT2D eigenvalue weighted by Gasteiger charge is -2.19. The Labute approximate surface area is 218 Å². The van der Waals surface area contributed by atoms with E-state index in [0.29, 0.717) is 44.1 Å². The number of aliphatic hydroxyl groups is 2. The topological polar surface area (TPSA) is 124 Å². The van der Waals surface area contributed by atoms with E-state index in [2.05, 4.69) is 11.1 Å². The number of Topliss-reactive ketones (excluding diaryl/α,β-unsaturated/α-hetero) is 1. The molecule has 4 aromatic rings. The second-order valence-electron chi connectivity index (χ2n) is 8.61. The third-order valence-corrected chi connectivity index (χ3v) is 6.83. The number of amides is 1. The summed E-state index contributed by atoms with van der Waals surface area (Å²) in [6.07, 6.45) is -0.958. The molecule has 1 heterocycles. The molecule has 1 unspecified atom stereocenters. The maximum atomic E-state index is 13.5. The van der Waals surface area contributed by atoms with Gasteiger partial charge in [-0.25, -0.2) is 4.98 Å². The smallest absolute Gasteiger partial charge is 0.253 e. The summed E-state index contributed by atoms with van der Waals surface area (Å²) in [4.78, 5) is 31.7. The molecule has 0 aliphatic carbocycles. The molecule has 0 aliphatic heterocycles. The van der Waals surface area contributed by atoms with Crippen molar-refractivity contribution in [2.45, 2.75) is 25.7 Å². The van der Waals surface area contributed by atoms with Crippen LogP contribution in [-0.4, -0.2) is 45.9 Å². The van der Waals surface area contributed by atoms with E-state index in [1.807, 2.05) is 0 Å². The number of thiazole rings is 1. The summed E-state index contributed by atoms with van der Waals surface area (Å²) in [5.74, 6) is 0.0419. The standard InChI is InChI=1S/C28H25N3O5S/c1-31(2)28(35)19-7-9-22(10-8-19)36-27(18-5-3-17(14-29)4-6-18)24(34)13-26-30-23-11-20(15-32)21(16-33)12-25(23)37-26/h3-12,27,32-33H,13,15-16H2,1-2H3. The Hall–Kier alpha value is -4.10. The Morgan fingerprint density at radius 1 is 1.03 bits per heavy atom. The van der Waals surface area contributed by atoms with Crippen LogP contribution in [0.4, 0.5) is 0 Å². The first-order valence-electron chi connectivity index (χ1n) is 11.5. The number of nitriles is 1. The van der Waals surface area contributed by atoms with Crippen LogP contribution in [0.1, 0.15) is 43.7 Å². The van der Waals surface area contributed by atoms with Gasteiger partial charge in [-0.15, -0.1) is 11.3 Å². The monoisotopic (exact) mass is 515 g/mol. The molecule has 0 fully saturated rings. The summed E-state index contributed by atoms with van der Waals surface area (Å²) >= 11 is 1.34. The Bertz CT molecular complexity index is 1430. The van der Waals surface area contributed by atoms with E-state index in [1.54, 1.807) is 74.8 Å². The van der Waals surface area contributed by atoms with Gasteiger partial charge < -0.3 is 19.8 Å². The van der Waals surface area contributed by atoms with Crippen LogP contribution in [-0.2, 0) is 24.4 Å². The number of hydrogen-bond acceptors (Lipinski definition) is 8. The molecule has 0 radical (unpaired) electrons. The van der Waals surface area contributed by atoms with Crippen molar-refractivity contribution >= 4 is 33.2 Å². The second-order valence-corrected chi connectivity index (χ2v) is 9.73. The Kier molecular flexibility index (Phi) is 7.94. The van der Waals surface area contributed by atoms with Gasteiger partial charge in [-0.3, -0.25) is 9.59 Å². The van der Waals surface area contributed by atoms with Crippen molar-refractivity contribution in [2.75, 3.05) is 14.1 Å². The highest BCUT2D eigenvalue weighted by atomic mass is 32.1. The van der Waals surface area contributed by atoms with E-state index in [9.17, 15) is 19.8 Å². The van der Waals surface area contributed by atoms with Crippen LogP contribution in [0.15, 0.2) is 60.7 Å². The Balaban J connectivity index is 1.62. The molecule has 0 saturated heterocycles.